The summed E-state index contributed by atoms with van der Waals surface area (Å²) in [6, 6.07) is 0.441. The second-order valence-electron chi connectivity index (χ2n) is 4.11. The summed E-state index contributed by atoms with van der Waals surface area (Å²) in [5.41, 5.74) is 0. The molecule has 0 aliphatic carbocycles. The van der Waals surface area contributed by atoms with E-state index in [0.717, 1.165) is 0 Å². The number of hydrogen-bond acceptors (Lipinski definition) is 3. The van der Waals surface area contributed by atoms with E-state index in [-0.39, 0.29) is 64.6 Å². The zero-order valence-electron chi connectivity index (χ0n) is 11.6. The molecule has 0 fully saturated rings. The average Bonchev–Trinajstić information content (AvgIpc) is 2.13. The zero-order chi connectivity index (χ0) is 12.1. The fourth-order valence-corrected chi connectivity index (χ4v) is 4.34. The third kappa shape index (κ3) is 8.15. The van der Waals surface area contributed by atoms with E-state index in [1.165, 1.54) is 0 Å². The molecule has 0 saturated carbocycles. The summed E-state index contributed by atoms with van der Waals surface area (Å²) < 4.78 is 11.5. The van der Waals surface area contributed by atoms with Crippen LogP contribution in [-0.4, -0.2) is 49.2 Å². The van der Waals surface area contributed by atoms with Gasteiger partial charge in [-0.05, 0) is 27.7 Å². The number of hydrogen-bond donors (Lipinski definition) is 0. The van der Waals surface area contributed by atoms with Crippen LogP contribution in [0.1, 0.15) is 41.0 Å². The minimum atomic E-state index is -2.75. The van der Waals surface area contributed by atoms with Crippen molar-refractivity contribution >= 4 is 37.0 Å². The Hall–Kier alpha value is 1.30. The number of carbonyl (C=O) groups is 1. The Morgan fingerprint density at radius 2 is 1.53 bits per heavy atom. The Bertz CT molecular complexity index is 203. The van der Waals surface area contributed by atoms with Gasteiger partial charge in [-0.25, -0.2) is 0 Å². The van der Waals surface area contributed by atoms with Crippen LogP contribution in [0.25, 0.3) is 0 Å². The third-order valence-corrected chi connectivity index (χ3v) is 5.49. The van der Waals surface area contributed by atoms with Crippen molar-refractivity contribution < 1.29 is 37.6 Å². The van der Waals surface area contributed by atoms with E-state index in [9.17, 15) is 4.79 Å². The van der Waals surface area contributed by atoms with Crippen molar-refractivity contribution in [1.29, 1.82) is 0 Å². The van der Waals surface area contributed by atoms with Crippen molar-refractivity contribution in [2.45, 2.75) is 59.3 Å². The van der Waals surface area contributed by atoms with Gasteiger partial charge in [-0.2, -0.15) is 0 Å². The molecular formula is C11H23IMgO3Si. The Kier molecular flexibility index (Phi) is 15.4. The largest absolute Gasteiger partial charge is 2.00 e. The maximum atomic E-state index is 11.9. The van der Waals surface area contributed by atoms with Crippen molar-refractivity contribution in [3.8, 4) is 0 Å². The summed E-state index contributed by atoms with van der Waals surface area (Å²) in [5.74, 6) is 0. The molecule has 0 aromatic rings. The third-order valence-electron chi connectivity index (χ3n) is 1.93. The molecule has 3 nitrogen and oxygen atoms in total. The quantitative estimate of drug-likeness (QED) is 0.330. The van der Waals surface area contributed by atoms with Gasteiger partial charge in [0.25, 0.3) is 0 Å². The van der Waals surface area contributed by atoms with Crippen LogP contribution in [-0.2, 0) is 13.6 Å². The summed E-state index contributed by atoms with van der Waals surface area (Å²) >= 11 is 0. The van der Waals surface area contributed by atoms with Gasteiger partial charge in [0.2, 0.25) is 0 Å². The molecule has 0 aliphatic rings. The molecule has 0 unspecified atom stereocenters. The standard InChI is InChI=1S/C11H23O3Si.HI.Mg/c1-7-11(12)15(8-2,13-9(3)4)14-10(5)6;;/h9-10H,2,7-8H2,1,3-6H3;1H;/q-1;;+2/p-1. The van der Waals surface area contributed by atoms with Crippen LogP contribution in [0.2, 0.25) is 6.04 Å². The van der Waals surface area contributed by atoms with Gasteiger partial charge in [-0.15, -0.1) is 6.04 Å². The van der Waals surface area contributed by atoms with Gasteiger partial charge >= 0.3 is 31.6 Å². The smallest absolute Gasteiger partial charge is 1.00 e. The molecule has 0 atom stereocenters. The van der Waals surface area contributed by atoms with Crippen molar-refractivity contribution in [3.63, 3.8) is 0 Å². The number of carbonyl (C=O) groups excluding carboxylic acids is 1. The maximum absolute atomic E-state index is 11.9. The van der Waals surface area contributed by atoms with Crippen molar-refractivity contribution in [2.75, 3.05) is 0 Å². The Balaban J connectivity index is -0.000000980. The van der Waals surface area contributed by atoms with Gasteiger partial charge in [0, 0.05) is 18.6 Å². The van der Waals surface area contributed by atoms with E-state index >= 15 is 0 Å². The SMILES string of the molecule is [CH2-]C[Si](OC(C)C)(OC(C)C)C(=O)CC.[I-].[Mg+2]. The van der Waals surface area contributed by atoms with Crippen LogP contribution in [0.3, 0.4) is 0 Å². The minimum absolute atomic E-state index is 0. The van der Waals surface area contributed by atoms with Crippen LogP contribution >= 0.6 is 0 Å². The van der Waals surface area contributed by atoms with E-state index in [1.54, 1.807) is 0 Å². The van der Waals surface area contributed by atoms with Gasteiger partial charge in [-0.3, -0.25) is 4.79 Å². The molecule has 0 spiro atoms. The first-order chi connectivity index (χ1) is 6.88. The van der Waals surface area contributed by atoms with E-state index in [2.05, 4.69) is 6.92 Å². The molecular weight excluding hydrogens is 359 g/mol. The molecule has 6 heteroatoms. The minimum Gasteiger partial charge on any atom is -1.00 e. The molecule has 0 aliphatic heterocycles. The van der Waals surface area contributed by atoms with Crippen LogP contribution < -0.4 is 24.0 Å². The van der Waals surface area contributed by atoms with Crippen molar-refractivity contribution in [2.24, 2.45) is 0 Å². The molecule has 0 aromatic carbocycles. The monoisotopic (exact) mass is 382 g/mol. The molecule has 0 heterocycles. The van der Waals surface area contributed by atoms with Crippen LogP contribution in [0.5, 0.6) is 0 Å². The second-order valence-corrected chi connectivity index (χ2v) is 7.15. The Morgan fingerprint density at radius 1 is 1.18 bits per heavy atom. The first-order valence-electron chi connectivity index (χ1n) is 5.56. The van der Waals surface area contributed by atoms with Gasteiger partial charge in [0.05, 0.1) is 0 Å². The number of halogens is 1. The maximum Gasteiger partial charge on any atom is 2.00 e. The average molecular weight is 383 g/mol. The summed E-state index contributed by atoms with van der Waals surface area (Å²) in [6.07, 6.45) is 0.474. The molecule has 98 valence electrons. The summed E-state index contributed by atoms with van der Waals surface area (Å²) in [4.78, 5) is 11.9. The molecule has 0 saturated heterocycles. The summed E-state index contributed by atoms with van der Waals surface area (Å²) in [7, 11) is -2.75. The topological polar surface area (TPSA) is 35.5 Å². The molecule has 0 rings (SSSR count). The molecule has 17 heavy (non-hydrogen) atoms. The molecule has 0 amide bonds. The molecule has 0 N–H and O–H groups in total. The van der Waals surface area contributed by atoms with Gasteiger partial charge < -0.3 is 39.8 Å². The van der Waals surface area contributed by atoms with E-state index in [0.29, 0.717) is 12.5 Å². The first kappa shape index (κ1) is 23.4. The van der Waals surface area contributed by atoms with Gasteiger partial charge in [0.15, 0.2) is 5.41 Å². The van der Waals surface area contributed by atoms with E-state index < -0.39 is 8.56 Å². The van der Waals surface area contributed by atoms with Crippen LogP contribution in [0, 0.1) is 6.92 Å². The number of rotatable bonds is 7. The molecule has 0 bridgehead atoms. The van der Waals surface area contributed by atoms with Gasteiger partial charge in [-0.1, -0.05) is 6.92 Å². The van der Waals surface area contributed by atoms with Gasteiger partial charge in [0.1, 0.15) is 0 Å². The Morgan fingerprint density at radius 3 is 1.71 bits per heavy atom. The normalized spacial score (nSPS) is 11.1. The molecule has 0 radical (unpaired) electrons. The fraction of sp³-hybridized carbons (Fsp3) is 0.818. The Labute approximate surface area is 140 Å². The second kappa shape index (κ2) is 11.2. The van der Waals surface area contributed by atoms with E-state index in [1.807, 2.05) is 34.6 Å². The fourth-order valence-electron chi connectivity index (χ4n) is 1.45. The molecule has 0 aromatic heterocycles. The van der Waals surface area contributed by atoms with Crippen LogP contribution in [0.4, 0.5) is 0 Å². The first-order valence-corrected chi connectivity index (χ1v) is 7.58. The van der Waals surface area contributed by atoms with Crippen molar-refractivity contribution in [3.05, 3.63) is 6.92 Å². The zero-order valence-corrected chi connectivity index (χ0v) is 16.2. The van der Waals surface area contributed by atoms with Crippen LogP contribution in [0.15, 0.2) is 0 Å². The summed E-state index contributed by atoms with van der Waals surface area (Å²) in [5, 5.41) is 0.0971. The predicted molar refractivity (Wildman–Crippen MR) is 69.4 cm³/mol. The predicted octanol–water partition coefficient (Wildman–Crippen LogP) is -0.746. The summed E-state index contributed by atoms with van der Waals surface area (Å²) in [6.45, 7) is 13.3. The van der Waals surface area contributed by atoms with E-state index in [4.69, 9.17) is 8.85 Å². The van der Waals surface area contributed by atoms with Crippen molar-refractivity contribution in [1.82, 2.24) is 0 Å².